The SMILES string of the molecule is NC(=O)c1cccc(N)c1Oc1ccc(Cl)cc1Br. The number of benzene rings is 2. The van der Waals surface area contributed by atoms with Crippen LogP contribution in [0.25, 0.3) is 0 Å². The number of amides is 1. The van der Waals surface area contributed by atoms with Gasteiger partial charge in [0.1, 0.15) is 5.75 Å². The predicted molar refractivity (Wildman–Crippen MR) is 78.6 cm³/mol. The zero-order valence-electron chi connectivity index (χ0n) is 9.69. The summed E-state index contributed by atoms with van der Waals surface area (Å²) in [7, 11) is 0. The maximum Gasteiger partial charge on any atom is 0.252 e. The Bertz CT molecular complexity index is 647. The van der Waals surface area contributed by atoms with Crippen molar-refractivity contribution >= 4 is 39.1 Å². The van der Waals surface area contributed by atoms with E-state index >= 15 is 0 Å². The molecule has 19 heavy (non-hydrogen) atoms. The Morgan fingerprint density at radius 2 is 2.00 bits per heavy atom. The molecule has 4 nitrogen and oxygen atoms in total. The van der Waals surface area contributed by atoms with Crippen molar-refractivity contribution in [3.05, 3.63) is 51.5 Å². The zero-order valence-corrected chi connectivity index (χ0v) is 12.0. The van der Waals surface area contributed by atoms with Gasteiger partial charge in [0.25, 0.3) is 5.91 Å². The Kier molecular flexibility index (Phi) is 3.97. The summed E-state index contributed by atoms with van der Waals surface area (Å²) in [6.07, 6.45) is 0. The van der Waals surface area contributed by atoms with E-state index in [4.69, 9.17) is 27.8 Å². The lowest BCUT2D eigenvalue weighted by Gasteiger charge is -2.13. The van der Waals surface area contributed by atoms with Gasteiger partial charge < -0.3 is 16.2 Å². The molecule has 98 valence electrons. The molecule has 0 aliphatic rings. The fourth-order valence-corrected chi connectivity index (χ4v) is 2.29. The molecule has 2 aromatic carbocycles. The summed E-state index contributed by atoms with van der Waals surface area (Å²) in [5.41, 5.74) is 11.7. The molecular weight excluding hydrogens is 332 g/mol. The van der Waals surface area contributed by atoms with Gasteiger partial charge in [0.15, 0.2) is 5.75 Å². The van der Waals surface area contributed by atoms with Gasteiger partial charge in [0.2, 0.25) is 0 Å². The van der Waals surface area contributed by atoms with Crippen molar-refractivity contribution in [2.75, 3.05) is 5.73 Å². The number of anilines is 1. The molecule has 0 bridgehead atoms. The molecule has 2 aromatic rings. The second kappa shape index (κ2) is 5.50. The highest BCUT2D eigenvalue weighted by Crippen LogP contribution is 2.36. The van der Waals surface area contributed by atoms with Crippen molar-refractivity contribution in [2.24, 2.45) is 5.73 Å². The second-order valence-corrected chi connectivity index (χ2v) is 5.06. The van der Waals surface area contributed by atoms with E-state index in [1.165, 1.54) is 0 Å². The van der Waals surface area contributed by atoms with Crippen molar-refractivity contribution in [3.63, 3.8) is 0 Å². The van der Waals surface area contributed by atoms with Gasteiger partial charge in [-0.2, -0.15) is 0 Å². The predicted octanol–water partition coefficient (Wildman–Crippen LogP) is 3.58. The average Bonchev–Trinajstić information content (AvgIpc) is 2.34. The van der Waals surface area contributed by atoms with Gasteiger partial charge in [-0.15, -0.1) is 0 Å². The quantitative estimate of drug-likeness (QED) is 0.838. The van der Waals surface area contributed by atoms with Crippen molar-refractivity contribution < 1.29 is 9.53 Å². The second-order valence-electron chi connectivity index (χ2n) is 3.76. The number of para-hydroxylation sites is 1. The number of nitrogens with two attached hydrogens (primary N) is 2. The number of halogens is 2. The number of carbonyl (C=O) groups excluding carboxylic acids is 1. The van der Waals surface area contributed by atoms with Gasteiger partial charge in [-0.3, -0.25) is 4.79 Å². The Hall–Kier alpha value is -1.72. The molecule has 0 radical (unpaired) electrons. The van der Waals surface area contributed by atoms with E-state index in [1.54, 1.807) is 36.4 Å². The molecule has 6 heteroatoms. The van der Waals surface area contributed by atoms with E-state index in [2.05, 4.69) is 15.9 Å². The Balaban J connectivity index is 2.46. The van der Waals surface area contributed by atoms with Crippen LogP contribution in [0.1, 0.15) is 10.4 Å². The standard InChI is InChI=1S/C13H10BrClN2O2/c14-9-6-7(15)4-5-11(9)19-12-8(13(17)18)2-1-3-10(12)16/h1-6H,16H2,(H2,17,18). The number of hydrogen-bond acceptors (Lipinski definition) is 3. The van der Waals surface area contributed by atoms with Crippen LogP contribution in [0.2, 0.25) is 5.02 Å². The zero-order chi connectivity index (χ0) is 14.0. The maximum atomic E-state index is 11.4. The fourth-order valence-electron chi connectivity index (χ4n) is 1.53. The molecule has 1 amide bonds. The molecule has 0 aliphatic heterocycles. The first-order valence-corrected chi connectivity index (χ1v) is 6.47. The molecule has 0 saturated carbocycles. The van der Waals surface area contributed by atoms with Crippen LogP contribution in [0.5, 0.6) is 11.5 Å². The molecule has 2 rings (SSSR count). The summed E-state index contributed by atoms with van der Waals surface area (Å²) in [5, 5.41) is 0.565. The minimum atomic E-state index is -0.604. The first kappa shape index (κ1) is 13.7. The van der Waals surface area contributed by atoms with Crippen molar-refractivity contribution in [1.29, 1.82) is 0 Å². The highest BCUT2D eigenvalue weighted by molar-refractivity contribution is 9.10. The molecular formula is C13H10BrClN2O2. The number of hydrogen-bond donors (Lipinski definition) is 2. The van der Waals surface area contributed by atoms with E-state index in [0.717, 1.165) is 0 Å². The first-order chi connectivity index (χ1) is 8.99. The van der Waals surface area contributed by atoms with Crippen LogP contribution in [0.3, 0.4) is 0 Å². The summed E-state index contributed by atoms with van der Waals surface area (Å²) in [6, 6.07) is 9.84. The first-order valence-electron chi connectivity index (χ1n) is 5.30. The normalized spacial score (nSPS) is 10.2. The van der Waals surface area contributed by atoms with Crippen molar-refractivity contribution in [1.82, 2.24) is 0 Å². The number of nitrogen functional groups attached to an aromatic ring is 1. The lowest BCUT2D eigenvalue weighted by molar-refractivity contribution is 0.0998. The Morgan fingerprint density at radius 3 is 2.63 bits per heavy atom. The van der Waals surface area contributed by atoms with Gasteiger partial charge in [-0.25, -0.2) is 0 Å². The minimum Gasteiger partial charge on any atom is -0.453 e. The van der Waals surface area contributed by atoms with Crippen LogP contribution in [0.4, 0.5) is 5.69 Å². The summed E-state index contributed by atoms with van der Waals surface area (Å²) >= 11 is 9.17. The lowest BCUT2D eigenvalue weighted by atomic mass is 10.1. The Labute approximate surface area is 123 Å². The van der Waals surface area contributed by atoms with Gasteiger partial charge >= 0.3 is 0 Å². The largest absolute Gasteiger partial charge is 0.453 e. The summed E-state index contributed by atoms with van der Waals surface area (Å²) < 4.78 is 6.31. The number of rotatable bonds is 3. The topological polar surface area (TPSA) is 78.3 Å². The van der Waals surface area contributed by atoms with Crippen LogP contribution < -0.4 is 16.2 Å². The molecule has 0 atom stereocenters. The third kappa shape index (κ3) is 3.00. The summed E-state index contributed by atoms with van der Waals surface area (Å²) in [4.78, 5) is 11.4. The Morgan fingerprint density at radius 1 is 1.26 bits per heavy atom. The monoisotopic (exact) mass is 340 g/mol. The molecule has 0 heterocycles. The van der Waals surface area contributed by atoms with Crippen molar-refractivity contribution in [2.45, 2.75) is 0 Å². The van der Waals surface area contributed by atoms with E-state index < -0.39 is 5.91 Å². The number of carbonyl (C=O) groups is 1. The number of ether oxygens (including phenoxy) is 1. The molecule has 0 unspecified atom stereocenters. The molecule has 0 aromatic heterocycles. The molecule has 0 fully saturated rings. The maximum absolute atomic E-state index is 11.4. The average molecular weight is 342 g/mol. The van der Waals surface area contributed by atoms with E-state index in [0.29, 0.717) is 20.9 Å². The molecule has 0 aliphatic carbocycles. The molecule has 0 spiro atoms. The third-order valence-corrected chi connectivity index (χ3v) is 3.27. The van der Waals surface area contributed by atoms with Crippen LogP contribution in [-0.4, -0.2) is 5.91 Å². The van der Waals surface area contributed by atoms with Crippen molar-refractivity contribution in [3.8, 4) is 11.5 Å². The summed E-state index contributed by atoms with van der Waals surface area (Å²) in [5.74, 6) is 0.121. The van der Waals surface area contributed by atoms with Gasteiger partial charge in [0.05, 0.1) is 15.7 Å². The van der Waals surface area contributed by atoms with Crippen LogP contribution in [-0.2, 0) is 0 Å². The van der Waals surface area contributed by atoms with Gasteiger partial charge in [-0.1, -0.05) is 17.7 Å². The summed E-state index contributed by atoms with van der Waals surface area (Å²) in [6.45, 7) is 0. The van der Waals surface area contributed by atoms with E-state index in [-0.39, 0.29) is 11.3 Å². The molecule has 4 N–H and O–H groups in total. The number of primary amides is 1. The third-order valence-electron chi connectivity index (χ3n) is 2.42. The minimum absolute atomic E-state index is 0.224. The van der Waals surface area contributed by atoms with Gasteiger partial charge in [-0.05, 0) is 46.3 Å². The fraction of sp³-hybridized carbons (Fsp3) is 0. The van der Waals surface area contributed by atoms with Crippen LogP contribution in [0.15, 0.2) is 40.9 Å². The highest BCUT2D eigenvalue weighted by Gasteiger charge is 2.14. The smallest absolute Gasteiger partial charge is 0.252 e. The molecule has 0 saturated heterocycles. The van der Waals surface area contributed by atoms with Gasteiger partial charge in [0, 0.05) is 5.02 Å². The van der Waals surface area contributed by atoms with E-state index in [1.807, 2.05) is 0 Å². The highest BCUT2D eigenvalue weighted by atomic mass is 79.9. The lowest BCUT2D eigenvalue weighted by Crippen LogP contribution is -2.13. The van der Waals surface area contributed by atoms with E-state index in [9.17, 15) is 4.79 Å². The van der Waals surface area contributed by atoms with Crippen LogP contribution >= 0.6 is 27.5 Å². The van der Waals surface area contributed by atoms with Crippen LogP contribution in [0, 0.1) is 0 Å².